The van der Waals surface area contributed by atoms with Gasteiger partial charge in [0, 0.05) is 19.1 Å². The Morgan fingerprint density at radius 3 is 2.35 bits per heavy atom. The highest BCUT2D eigenvalue weighted by Gasteiger charge is 2.27. The van der Waals surface area contributed by atoms with Crippen LogP contribution in [-0.4, -0.2) is 25.0 Å². The van der Waals surface area contributed by atoms with Gasteiger partial charge >= 0.3 is 0 Å². The predicted molar refractivity (Wildman–Crippen MR) is 73.1 cm³/mol. The molecule has 0 aliphatic heterocycles. The Bertz CT molecular complexity index is 362. The maximum absolute atomic E-state index is 6.00. The molecule has 2 heteroatoms. The van der Waals surface area contributed by atoms with Crippen LogP contribution in [0.5, 0.6) is 0 Å². The lowest BCUT2D eigenvalue weighted by molar-refractivity contribution is 0.239. The monoisotopic (exact) mass is 232 g/mol. The molecule has 0 amide bonds. The van der Waals surface area contributed by atoms with E-state index in [0.29, 0.717) is 12.6 Å². The molecule has 2 N–H and O–H groups in total. The minimum atomic E-state index is 0.372. The summed E-state index contributed by atoms with van der Waals surface area (Å²) in [6.07, 6.45) is 2.79. The summed E-state index contributed by atoms with van der Waals surface area (Å²) in [5.41, 5.74) is 10.2. The summed E-state index contributed by atoms with van der Waals surface area (Å²) in [5.74, 6) is 0.915. The predicted octanol–water partition coefficient (Wildman–Crippen LogP) is 2.65. The zero-order valence-electron chi connectivity index (χ0n) is 11.2. The van der Waals surface area contributed by atoms with Crippen LogP contribution in [0, 0.1) is 19.8 Å². The summed E-state index contributed by atoms with van der Waals surface area (Å²) in [6, 6.07) is 6.88. The summed E-state index contributed by atoms with van der Waals surface area (Å²) in [6.45, 7) is 6.27. The minimum Gasteiger partial charge on any atom is -0.329 e. The maximum Gasteiger partial charge on any atom is 0.0472 e. The Morgan fingerprint density at radius 2 is 1.88 bits per heavy atom. The highest BCUT2D eigenvalue weighted by molar-refractivity contribution is 5.36. The van der Waals surface area contributed by atoms with Gasteiger partial charge < -0.3 is 5.73 Å². The van der Waals surface area contributed by atoms with Gasteiger partial charge in [-0.2, -0.15) is 0 Å². The average molecular weight is 232 g/mol. The molecule has 1 aromatic rings. The molecule has 1 unspecified atom stereocenters. The van der Waals surface area contributed by atoms with E-state index < -0.39 is 0 Å². The van der Waals surface area contributed by atoms with Gasteiger partial charge in [0.05, 0.1) is 0 Å². The molecule has 0 aromatic heterocycles. The third kappa shape index (κ3) is 2.88. The lowest BCUT2D eigenvalue weighted by Gasteiger charge is -2.30. The topological polar surface area (TPSA) is 29.3 Å². The first-order chi connectivity index (χ1) is 8.13. The van der Waals surface area contributed by atoms with Gasteiger partial charge in [0.1, 0.15) is 0 Å². The van der Waals surface area contributed by atoms with Crippen molar-refractivity contribution >= 4 is 0 Å². The Hall–Kier alpha value is -0.860. The van der Waals surface area contributed by atoms with Crippen LogP contribution in [0.1, 0.15) is 35.6 Å². The Kier molecular flexibility index (Phi) is 3.85. The number of benzene rings is 1. The molecule has 0 saturated heterocycles. The van der Waals surface area contributed by atoms with Gasteiger partial charge in [0.15, 0.2) is 0 Å². The van der Waals surface area contributed by atoms with Crippen molar-refractivity contribution in [1.82, 2.24) is 4.90 Å². The minimum absolute atomic E-state index is 0.372. The van der Waals surface area contributed by atoms with Crippen molar-refractivity contribution in [3.63, 3.8) is 0 Å². The zero-order valence-corrected chi connectivity index (χ0v) is 11.2. The van der Waals surface area contributed by atoms with Gasteiger partial charge in [-0.05, 0) is 56.3 Å². The number of aryl methyl sites for hydroxylation is 2. The standard InChI is InChI=1S/C15H24N2/c1-11-5-4-6-12(2)15(11)14(9-16)17(3)10-13-7-8-13/h4-6,13-14H,7-10,16H2,1-3H3. The first-order valence-corrected chi connectivity index (χ1v) is 6.60. The molecule has 2 nitrogen and oxygen atoms in total. The van der Waals surface area contributed by atoms with Gasteiger partial charge in [-0.25, -0.2) is 0 Å². The lowest BCUT2D eigenvalue weighted by atomic mass is 9.95. The number of nitrogens with zero attached hydrogens (tertiary/aromatic N) is 1. The SMILES string of the molecule is Cc1cccc(C)c1C(CN)N(C)CC1CC1. The molecule has 1 atom stereocenters. The second kappa shape index (κ2) is 5.19. The summed E-state index contributed by atoms with van der Waals surface area (Å²) in [7, 11) is 2.21. The van der Waals surface area contributed by atoms with E-state index in [-0.39, 0.29) is 0 Å². The highest BCUT2D eigenvalue weighted by Crippen LogP contribution is 2.33. The molecule has 1 saturated carbocycles. The highest BCUT2D eigenvalue weighted by atomic mass is 15.1. The van der Waals surface area contributed by atoms with Gasteiger partial charge in [0.25, 0.3) is 0 Å². The molecule has 1 aromatic carbocycles. The van der Waals surface area contributed by atoms with Crippen molar-refractivity contribution in [3.05, 3.63) is 34.9 Å². The van der Waals surface area contributed by atoms with Gasteiger partial charge in [0.2, 0.25) is 0 Å². The number of likely N-dealkylation sites (N-methyl/N-ethyl adjacent to an activating group) is 1. The van der Waals surface area contributed by atoms with E-state index in [2.05, 4.69) is 44.0 Å². The molecule has 0 bridgehead atoms. The molecule has 1 aliphatic rings. The van der Waals surface area contributed by atoms with E-state index >= 15 is 0 Å². The van der Waals surface area contributed by atoms with Crippen molar-refractivity contribution in [1.29, 1.82) is 0 Å². The largest absolute Gasteiger partial charge is 0.329 e. The fraction of sp³-hybridized carbons (Fsp3) is 0.600. The van der Waals surface area contributed by atoms with E-state index in [1.54, 1.807) is 0 Å². The molecule has 1 fully saturated rings. The van der Waals surface area contributed by atoms with E-state index in [4.69, 9.17) is 5.73 Å². The molecule has 0 heterocycles. The lowest BCUT2D eigenvalue weighted by Crippen LogP contribution is -2.33. The molecule has 17 heavy (non-hydrogen) atoms. The quantitative estimate of drug-likeness (QED) is 0.845. The Labute approximate surface area is 105 Å². The fourth-order valence-corrected chi connectivity index (χ4v) is 2.71. The summed E-state index contributed by atoms with van der Waals surface area (Å²) in [4.78, 5) is 2.44. The van der Waals surface area contributed by atoms with Crippen LogP contribution in [-0.2, 0) is 0 Å². The van der Waals surface area contributed by atoms with Crippen LogP contribution in [0.15, 0.2) is 18.2 Å². The Balaban J connectivity index is 2.20. The van der Waals surface area contributed by atoms with E-state index in [1.165, 1.54) is 36.1 Å². The Morgan fingerprint density at radius 1 is 1.29 bits per heavy atom. The molecular weight excluding hydrogens is 208 g/mol. The van der Waals surface area contributed by atoms with Crippen LogP contribution >= 0.6 is 0 Å². The maximum atomic E-state index is 6.00. The molecular formula is C15H24N2. The normalized spacial score (nSPS) is 17.5. The van der Waals surface area contributed by atoms with Crippen molar-refractivity contribution in [2.75, 3.05) is 20.1 Å². The molecule has 1 aliphatic carbocycles. The first-order valence-electron chi connectivity index (χ1n) is 6.60. The van der Waals surface area contributed by atoms with Crippen LogP contribution in [0.25, 0.3) is 0 Å². The van der Waals surface area contributed by atoms with Crippen molar-refractivity contribution in [2.45, 2.75) is 32.7 Å². The molecule has 94 valence electrons. The van der Waals surface area contributed by atoms with E-state index in [9.17, 15) is 0 Å². The number of nitrogens with two attached hydrogens (primary N) is 1. The van der Waals surface area contributed by atoms with Gasteiger partial charge in [-0.3, -0.25) is 4.90 Å². The first kappa shape index (κ1) is 12.6. The summed E-state index contributed by atoms with van der Waals surface area (Å²) in [5, 5.41) is 0. The van der Waals surface area contributed by atoms with Crippen LogP contribution < -0.4 is 5.73 Å². The molecule has 2 rings (SSSR count). The van der Waals surface area contributed by atoms with Crippen LogP contribution in [0.4, 0.5) is 0 Å². The number of hydrogen-bond donors (Lipinski definition) is 1. The fourth-order valence-electron chi connectivity index (χ4n) is 2.71. The molecule has 0 radical (unpaired) electrons. The van der Waals surface area contributed by atoms with Gasteiger partial charge in [-0.15, -0.1) is 0 Å². The number of hydrogen-bond acceptors (Lipinski definition) is 2. The van der Waals surface area contributed by atoms with E-state index in [0.717, 1.165) is 5.92 Å². The van der Waals surface area contributed by atoms with Crippen molar-refractivity contribution < 1.29 is 0 Å². The average Bonchev–Trinajstić information content (AvgIpc) is 3.07. The van der Waals surface area contributed by atoms with Gasteiger partial charge in [-0.1, -0.05) is 18.2 Å². The third-order valence-corrected chi connectivity index (χ3v) is 3.87. The summed E-state index contributed by atoms with van der Waals surface area (Å²) < 4.78 is 0. The summed E-state index contributed by atoms with van der Waals surface area (Å²) >= 11 is 0. The van der Waals surface area contributed by atoms with Crippen molar-refractivity contribution in [3.8, 4) is 0 Å². The number of rotatable bonds is 5. The zero-order chi connectivity index (χ0) is 12.4. The smallest absolute Gasteiger partial charge is 0.0472 e. The second-order valence-electron chi connectivity index (χ2n) is 5.44. The van der Waals surface area contributed by atoms with Crippen molar-refractivity contribution in [2.24, 2.45) is 11.7 Å². The molecule has 0 spiro atoms. The van der Waals surface area contributed by atoms with E-state index in [1.807, 2.05) is 0 Å². The second-order valence-corrected chi connectivity index (χ2v) is 5.44. The van der Waals surface area contributed by atoms with Crippen LogP contribution in [0.3, 0.4) is 0 Å². The van der Waals surface area contributed by atoms with Crippen LogP contribution in [0.2, 0.25) is 0 Å². The third-order valence-electron chi connectivity index (χ3n) is 3.87.